The van der Waals surface area contributed by atoms with Crippen LogP contribution in [-0.4, -0.2) is 24.6 Å². The van der Waals surface area contributed by atoms with Gasteiger partial charge in [-0.05, 0) is 24.3 Å². The van der Waals surface area contributed by atoms with Gasteiger partial charge in [0.15, 0.2) is 5.78 Å². The van der Waals surface area contributed by atoms with E-state index >= 15 is 0 Å². The third kappa shape index (κ3) is 2.90. The molecule has 0 saturated carbocycles. The molecule has 0 saturated heterocycles. The number of hydrogen-bond donors (Lipinski definition) is 2. The normalized spacial score (nSPS) is 14.2. The average Bonchev–Trinajstić information content (AvgIpc) is 2.16. The highest BCUT2D eigenvalue weighted by Gasteiger charge is 1.99. The number of allylic oxidation sites excluding steroid dienone is 4. The molecule has 0 heterocycles. The van der Waals surface area contributed by atoms with E-state index in [0.29, 0.717) is 5.71 Å². The Bertz CT molecular complexity index is 297. The van der Waals surface area contributed by atoms with Gasteiger partial charge in [-0.3, -0.25) is 4.79 Å². The smallest absolute Gasteiger partial charge is 0.334 e. The fourth-order valence-corrected chi connectivity index (χ4v) is 0.692. The van der Waals surface area contributed by atoms with Crippen LogP contribution < -0.4 is 10.7 Å². The quantitative estimate of drug-likeness (QED) is 0.438. The lowest BCUT2D eigenvalue weighted by molar-refractivity contribution is -0.110. The molecule has 0 bridgehead atoms. The van der Waals surface area contributed by atoms with Gasteiger partial charge in [0.05, 0.1) is 5.71 Å². The Morgan fingerprint density at radius 1 is 1.31 bits per heavy atom. The van der Waals surface area contributed by atoms with E-state index in [1.807, 2.05) is 0 Å². The van der Waals surface area contributed by atoms with Gasteiger partial charge in [0, 0.05) is 7.05 Å². The number of nitrogens with zero attached hydrogens (tertiary/aromatic N) is 1. The first-order valence-corrected chi connectivity index (χ1v) is 3.68. The van der Waals surface area contributed by atoms with Crippen LogP contribution >= 0.6 is 0 Å². The predicted molar refractivity (Wildman–Crippen MR) is 48.3 cm³/mol. The van der Waals surface area contributed by atoms with E-state index in [2.05, 4.69) is 15.8 Å². The van der Waals surface area contributed by atoms with E-state index in [1.165, 1.54) is 31.4 Å². The average molecular weight is 179 g/mol. The van der Waals surface area contributed by atoms with Gasteiger partial charge in [0.25, 0.3) is 0 Å². The number of carbonyl (C=O) groups is 2. The number of nitrogens with one attached hydrogen (secondary N) is 2. The molecule has 2 N–H and O–H groups in total. The van der Waals surface area contributed by atoms with E-state index in [0.717, 1.165) is 0 Å². The van der Waals surface area contributed by atoms with Crippen LogP contribution in [0.3, 0.4) is 0 Å². The van der Waals surface area contributed by atoms with Crippen molar-refractivity contribution in [1.82, 2.24) is 10.7 Å². The summed E-state index contributed by atoms with van der Waals surface area (Å²) in [6.07, 6.45) is 5.81. The van der Waals surface area contributed by atoms with Crippen molar-refractivity contribution in [2.24, 2.45) is 5.10 Å². The number of urea groups is 1. The Morgan fingerprint density at radius 2 is 1.92 bits per heavy atom. The van der Waals surface area contributed by atoms with Gasteiger partial charge in [-0.1, -0.05) is 0 Å². The Balaban J connectivity index is 2.54. The molecule has 0 aliphatic heterocycles. The maximum absolute atomic E-state index is 10.7. The minimum absolute atomic E-state index is 0.0844. The maximum atomic E-state index is 10.7. The summed E-state index contributed by atoms with van der Waals surface area (Å²) in [5.74, 6) is -0.0844. The number of carbonyl (C=O) groups excluding carboxylic acids is 2. The molecule has 13 heavy (non-hydrogen) atoms. The molecule has 1 aliphatic rings. The van der Waals surface area contributed by atoms with E-state index in [-0.39, 0.29) is 5.78 Å². The number of hydrogen-bond acceptors (Lipinski definition) is 3. The summed E-state index contributed by atoms with van der Waals surface area (Å²) < 4.78 is 0. The number of hydrazone groups is 1. The lowest BCUT2D eigenvalue weighted by Crippen LogP contribution is -2.29. The SMILES string of the molecule is CNC(=O)NN=C1C=CC(=O)C=C1. The molecule has 2 amide bonds. The molecule has 1 aliphatic carbocycles. The highest BCUT2D eigenvalue weighted by atomic mass is 16.2. The zero-order valence-electron chi connectivity index (χ0n) is 7.07. The van der Waals surface area contributed by atoms with Gasteiger partial charge >= 0.3 is 6.03 Å². The molecule has 0 aromatic rings. The predicted octanol–water partition coefficient (Wildman–Crippen LogP) is -0.0335. The van der Waals surface area contributed by atoms with Gasteiger partial charge in [0.1, 0.15) is 0 Å². The monoisotopic (exact) mass is 179 g/mol. The van der Waals surface area contributed by atoms with E-state index in [1.54, 1.807) is 0 Å². The summed E-state index contributed by atoms with van der Waals surface area (Å²) in [4.78, 5) is 21.3. The van der Waals surface area contributed by atoms with E-state index in [4.69, 9.17) is 0 Å². The molecule has 1 rings (SSSR count). The molecule has 0 spiro atoms. The molecule has 0 unspecified atom stereocenters. The summed E-state index contributed by atoms with van der Waals surface area (Å²) in [6.45, 7) is 0. The molecule has 0 fully saturated rings. The van der Waals surface area contributed by atoms with Crippen LogP contribution in [0.25, 0.3) is 0 Å². The van der Waals surface area contributed by atoms with Crippen LogP contribution in [-0.2, 0) is 4.79 Å². The minimum atomic E-state index is -0.397. The van der Waals surface area contributed by atoms with Gasteiger partial charge in [-0.25, -0.2) is 10.2 Å². The van der Waals surface area contributed by atoms with Crippen molar-refractivity contribution >= 4 is 17.5 Å². The standard InChI is InChI=1S/C8H9N3O2/c1-9-8(13)11-10-6-2-4-7(12)5-3-6/h2-5H,1H3,(H2,9,11,13). The largest absolute Gasteiger partial charge is 0.340 e. The third-order valence-electron chi connectivity index (χ3n) is 1.35. The molecule has 0 aromatic heterocycles. The van der Waals surface area contributed by atoms with Gasteiger partial charge in [0.2, 0.25) is 0 Å². The van der Waals surface area contributed by atoms with Crippen LogP contribution in [0.15, 0.2) is 29.4 Å². The fraction of sp³-hybridized carbons (Fsp3) is 0.125. The third-order valence-corrected chi connectivity index (χ3v) is 1.35. The second-order valence-electron chi connectivity index (χ2n) is 2.30. The van der Waals surface area contributed by atoms with Crippen LogP contribution in [0.5, 0.6) is 0 Å². The van der Waals surface area contributed by atoms with Crippen molar-refractivity contribution in [2.45, 2.75) is 0 Å². The van der Waals surface area contributed by atoms with Crippen molar-refractivity contribution < 1.29 is 9.59 Å². The Labute approximate surface area is 75.2 Å². The Kier molecular flexibility index (Phi) is 2.97. The summed E-state index contributed by atoms with van der Waals surface area (Å²) >= 11 is 0. The second-order valence-corrected chi connectivity index (χ2v) is 2.30. The van der Waals surface area contributed by atoms with Crippen LogP contribution in [0.4, 0.5) is 4.79 Å². The minimum Gasteiger partial charge on any atom is -0.340 e. The first-order chi connectivity index (χ1) is 6.22. The van der Waals surface area contributed by atoms with Crippen LogP contribution in [0.2, 0.25) is 0 Å². The summed E-state index contributed by atoms with van der Waals surface area (Å²) in [7, 11) is 1.49. The lowest BCUT2D eigenvalue weighted by atomic mass is 10.2. The molecule has 0 atom stereocenters. The topological polar surface area (TPSA) is 70.6 Å². The van der Waals surface area contributed by atoms with Gasteiger partial charge < -0.3 is 5.32 Å². The van der Waals surface area contributed by atoms with Gasteiger partial charge in [-0.15, -0.1) is 0 Å². The molecule has 5 heteroatoms. The molecule has 0 aromatic carbocycles. The van der Waals surface area contributed by atoms with Crippen molar-refractivity contribution in [3.05, 3.63) is 24.3 Å². The zero-order chi connectivity index (χ0) is 9.68. The maximum Gasteiger partial charge on any atom is 0.334 e. The van der Waals surface area contributed by atoms with Crippen molar-refractivity contribution in [1.29, 1.82) is 0 Å². The van der Waals surface area contributed by atoms with Crippen LogP contribution in [0.1, 0.15) is 0 Å². The second kappa shape index (κ2) is 4.20. The number of ketones is 1. The highest BCUT2D eigenvalue weighted by Crippen LogP contribution is 1.93. The fourth-order valence-electron chi connectivity index (χ4n) is 0.692. The first-order valence-electron chi connectivity index (χ1n) is 3.68. The zero-order valence-corrected chi connectivity index (χ0v) is 7.07. The van der Waals surface area contributed by atoms with Crippen molar-refractivity contribution in [2.75, 3.05) is 7.05 Å². The molecular weight excluding hydrogens is 170 g/mol. The summed E-state index contributed by atoms with van der Waals surface area (Å²) in [5.41, 5.74) is 2.77. The summed E-state index contributed by atoms with van der Waals surface area (Å²) in [6, 6.07) is -0.397. The van der Waals surface area contributed by atoms with Crippen molar-refractivity contribution in [3.8, 4) is 0 Å². The molecule has 5 nitrogen and oxygen atoms in total. The molecular formula is C8H9N3O2. The highest BCUT2D eigenvalue weighted by molar-refractivity contribution is 6.16. The summed E-state index contributed by atoms with van der Waals surface area (Å²) in [5, 5.41) is 6.06. The van der Waals surface area contributed by atoms with Crippen molar-refractivity contribution in [3.63, 3.8) is 0 Å². The Hall–Kier alpha value is -1.91. The van der Waals surface area contributed by atoms with Gasteiger partial charge in [-0.2, -0.15) is 5.10 Å². The number of amides is 2. The van der Waals surface area contributed by atoms with E-state index < -0.39 is 6.03 Å². The molecule has 68 valence electrons. The van der Waals surface area contributed by atoms with Crippen LogP contribution in [0, 0.1) is 0 Å². The van der Waals surface area contributed by atoms with E-state index in [9.17, 15) is 9.59 Å². The molecule has 0 radical (unpaired) electrons. The lowest BCUT2D eigenvalue weighted by Gasteiger charge is -2.00. The number of rotatable bonds is 1. The Morgan fingerprint density at radius 3 is 2.46 bits per heavy atom. The first kappa shape index (κ1) is 9.18.